The summed E-state index contributed by atoms with van der Waals surface area (Å²) >= 11 is 0. The molecule has 2 heterocycles. The molecule has 0 amide bonds. The van der Waals surface area contributed by atoms with Crippen molar-refractivity contribution < 1.29 is 13.2 Å². The molecule has 0 bridgehead atoms. The van der Waals surface area contributed by atoms with E-state index in [1.54, 1.807) is 24.4 Å². The summed E-state index contributed by atoms with van der Waals surface area (Å²) in [5.74, 6) is 0.525. The molecule has 0 N–H and O–H groups in total. The van der Waals surface area contributed by atoms with E-state index in [1.165, 1.54) is 4.31 Å². The first-order valence-electron chi connectivity index (χ1n) is 8.19. The highest BCUT2D eigenvalue weighted by atomic mass is 32.2. The third-order valence-electron chi connectivity index (χ3n) is 4.39. The van der Waals surface area contributed by atoms with Gasteiger partial charge < -0.3 is 4.74 Å². The zero-order valence-electron chi connectivity index (χ0n) is 13.6. The first-order chi connectivity index (χ1) is 12.1. The van der Waals surface area contributed by atoms with E-state index >= 15 is 0 Å². The Morgan fingerprint density at radius 2 is 1.80 bits per heavy atom. The molecule has 1 fully saturated rings. The molecule has 128 valence electrons. The van der Waals surface area contributed by atoms with Crippen molar-refractivity contribution >= 4 is 20.8 Å². The number of fused-ring (bicyclic) bond motifs is 1. The predicted octanol–water partition coefficient (Wildman–Crippen LogP) is 3.08. The van der Waals surface area contributed by atoms with Crippen molar-refractivity contribution in [1.82, 2.24) is 9.29 Å². The molecule has 1 aromatic heterocycles. The first-order valence-corrected chi connectivity index (χ1v) is 9.63. The largest absolute Gasteiger partial charge is 0.473 e. The number of nitrogens with zero attached hydrogens (tertiary/aromatic N) is 2. The molecule has 1 saturated heterocycles. The van der Waals surface area contributed by atoms with Crippen LogP contribution in [0.1, 0.15) is 6.42 Å². The molecule has 0 spiro atoms. The van der Waals surface area contributed by atoms with Gasteiger partial charge in [-0.3, -0.25) is 0 Å². The quantitative estimate of drug-likeness (QED) is 0.722. The fourth-order valence-electron chi connectivity index (χ4n) is 3.08. The molecule has 0 aliphatic carbocycles. The van der Waals surface area contributed by atoms with Crippen LogP contribution in [0.3, 0.4) is 0 Å². The van der Waals surface area contributed by atoms with Crippen molar-refractivity contribution in [2.24, 2.45) is 0 Å². The smallest absolute Gasteiger partial charge is 0.243 e. The summed E-state index contributed by atoms with van der Waals surface area (Å²) in [6.07, 6.45) is 2.14. The predicted molar refractivity (Wildman–Crippen MR) is 96.0 cm³/mol. The summed E-state index contributed by atoms with van der Waals surface area (Å²) in [6.45, 7) is 0.790. The first kappa shape index (κ1) is 16.1. The van der Waals surface area contributed by atoms with Crippen LogP contribution in [0.4, 0.5) is 0 Å². The number of ether oxygens (including phenoxy) is 1. The Labute approximate surface area is 146 Å². The highest BCUT2D eigenvalue weighted by Gasteiger charge is 2.33. The second-order valence-electron chi connectivity index (χ2n) is 6.07. The Kier molecular flexibility index (Phi) is 4.15. The van der Waals surface area contributed by atoms with Gasteiger partial charge in [0.1, 0.15) is 6.10 Å². The highest BCUT2D eigenvalue weighted by molar-refractivity contribution is 7.89. The summed E-state index contributed by atoms with van der Waals surface area (Å²) in [7, 11) is -3.52. The molecule has 4 rings (SSSR count). The van der Waals surface area contributed by atoms with Gasteiger partial charge in [0.15, 0.2) is 0 Å². The molecule has 25 heavy (non-hydrogen) atoms. The van der Waals surface area contributed by atoms with Gasteiger partial charge in [0, 0.05) is 18.8 Å². The van der Waals surface area contributed by atoms with Crippen LogP contribution in [0.25, 0.3) is 10.8 Å². The minimum absolute atomic E-state index is 0.176. The maximum Gasteiger partial charge on any atom is 0.243 e. The van der Waals surface area contributed by atoms with E-state index in [9.17, 15) is 8.42 Å². The van der Waals surface area contributed by atoms with Crippen LogP contribution in [-0.2, 0) is 10.0 Å². The lowest BCUT2D eigenvalue weighted by molar-refractivity contribution is 0.207. The van der Waals surface area contributed by atoms with Gasteiger partial charge in [0.2, 0.25) is 15.9 Å². The minimum atomic E-state index is -3.52. The lowest BCUT2D eigenvalue weighted by atomic mass is 10.1. The Morgan fingerprint density at radius 3 is 2.60 bits per heavy atom. The zero-order chi connectivity index (χ0) is 17.3. The lowest BCUT2D eigenvalue weighted by Gasteiger charge is -2.17. The van der Waals surface area contributed by atoms with Gasteiger partial charge in [-0.05, 0) is 35.4 Å². The third kappa shape index (κ3) is 3.23. The van der Waals surface area contributed by atoms with Crippen LogP contribution in [0, 0.1) is 0 Å². The van der Waals surface area contributed by atoms with Gasteiger partial charge in [-0.2, -0.15) is 4.31 Å². The van der Waals surface area contributed by atoms with Gasteiger partial charge in [-0.1, -0.05) is 36.4 Å². The summed E-state index contributed by atoms with van der Waals surface area (Å²) in [5.41, 5.74) is 0. The monoisotopic (exact) mass is 354 g/mol. The maximum absolute atomic E-state index is 12.9. The van der Waals surface area contributed by atoms with E-state index in [0.717, 1.165) is 10.8 Å². The molecule has 2 aromatic carbocycles. The van der Waals surface area contributed by atoms with E-state index in [2.05, 4.69) is 4.98 Å². The highest BCUT2D eigenvalue weighted by Crippen LogP contribution is 2.26. The minimum Gasteiger partial charge on any atom is -0.473 e. The molecule has 1 aliphatic rings. The molecule has 0 radical (unpaired) electrons. The number of hydrogen-bond donors (Lipinski definition) is 0. The van der Waals surface area contributed by atoms with Crippen molar-refractivity contribution in [1.29, 1.82) is 0 Å². The molecule has 1 atom stereocenters. The van der Waals surface area contributed by atoms with Crippen molar-refractivity contribution in [2.75, 3.05) is 13.1 Å². The van der Waals surface area contributed by atoms with Crippen molar-refractivity contribution in [3.05, 3.63) is 66.9 Å². The summed E-state index contributed by atoms with van der Waals surface area (Å²) in [4.78, 5) is 4.46. The number of sulfonamides is 1. The molecule has 3 aromatic rings. The van der Waals surface area contributed by atoms with E-state index in [4.69, 9.17) is 4.74 Å². The number of hydrogen-bond acceptors (Lipinski definition) is 4. The van der Waals surface area contributed by atoms with Crippen LogP contribution in [-0.4, -0.2) is 36.9 Å². The SMILES string of the molecule is O=S(=O)(c1ccc2ccccc2c1)N1CCC(Oc2ccccn2)C1. The normalized spacial score (nSPS) is 18.5. The van der Waals surface area contributed by atoms with Crippen LogP contribution in [0.2, 0.25) is 0 Å². The fourth-order valence-corrected chi connectivity index (χ4v) is 4.60. The van der Waals surface area contributed by atoms with Gasteiger partial charge >= 0.3 is 0 Å². The topological polar surface area (TPSA) is 59.5 Å². The zero-order valence-corrected chi connectivity index (χ0v) is 14.4. The molecular weight excluding hydrogens is 336 g/mol. The van der Waals surface area contributed by atoms with E-state index in [-0.39, 0.29) is 6.10 Å². The van der Waals surface area contributed by atoms with Crippen LogP contribution in [0.5, 0.6) is 5.88 Å². The Bertz CT molecular complexity index is 990. The van der Waals surface area contributed by atoms with Gasteiger partial charge in [0.05, 0.1) is 11.4 Å². The van der Waals surface area contributed by atoms with E-state index in [0.29, 0.717) is 30.3 Å². The third-order valence-corrected chi connectivity index (χ3v) is 6.25. The molecular formula is C19H18N2O3S. The Balaban J connectivity index is 1.54. The van der Waals surface area contributed by atoms with E-state index < -0.39 is 10.0 Å². The second-order valence-corrected chi connectivity index (χ2v) is 8.01. The molecule has 0 saturated carbocycles. The summed E-state index contributed by atoms with van der Waals surface area (Å²) < 4.78 is 33.1. The molecule has 5 nitrogen and oxygen atoms in total. The Hall–Kier alpha value is -2.44. The van der Waals surface area contributed by atoms with Crippen LogP contribution >= 0.6 is 0 Å². The molecule has 1 aliphatic heterocycles. The van der Waals surface area contributed by atoms with Gasteiger partial charge in [-0.15, -0.1) is 0 Å². The fraction of sp³-hybridized carbons (Fsp3) is 0.211. The summed E-state index contributed by atoms with van der Waals surface area (Å²) in [6, 6.07) is 18.4. The van der Waals surface area contributed by atoms with Crippen molar-refractivity contribution in [3.8, 4) is 5.88 Å². The average Bonchev–Trinajstić information content (AvgIpc) is 3.11. The van der Waals surface area contributed by atoms with Crippen molar-refractivity contribution in [2.45, 2.75) is 17.4 Å². The van der Waals surface area contributed by atoms with Crippen LogP contribution in [0.15, 0.2) is 71.8 Å². The number of aromatic nitrogens is 1. The van der Waals surface area contributed by atoms with Crippen LogP contribution < -0.4 is 4.74 Å². The standard InChI is InChI=1S/C19H18N2O3S/c22-25(23,18-9-8-15-5-1-2-6-16(15)13-18)21-12-10-17(14-21)24-19-7-3-4-11-20-19/h1-9,11,13,17H,10,12,14H2. The number of benzene rings is 2. The number of pyridine rings is 1. The Morgan fingerprint density at radius 1 is 1.00 bits per heavy atom. The summed E-state index contributed by atoms with van der Waals surface area (Å²) in [5, 5.41) is 1.95. The van der Waals surface area contributed by atoms with E-state index in [1.807, 2.05) is 42.5 Å². The van der Waals surface area contributed by atoms with Gasteiger partial charge in [-0.25, -0.2) is 13.4 Å². The maximum atomic E-state index is 12.9. The van der Waals surface area contributed by atoms with Gasteiger partial charge in [0.25, 0.3) is 0 Å². The number of rotatable bonds is 4. The second kappa shape index (κ2) is 6.46. The van der Waals surface area contributed by atoms with Crippen molar-refractivity contribution in [3.63, 3.8) is 0 Å². The molecule has 1 unspecified atom stereocenters. The average molecular weight is 354 g/mol. The molecule has 6 heteroatoms. The lowest BCUT2D eigenvalue weighted by Crippen LogP contribution is -2.31.